The van der Waals surface area contributed by atoms with Gasteiger partial charge < -0.3 is 15.0 Å². The number of nitrogens with one attached hydrogen (secondary N) is 1. The van der Waals surface area contributed by atoms with E-state index in [0.29, 0.717) is 23.4 Å². The second-order valence-corrected chi connectivity index (χ2v) is 8.01. The van der Waals surface area contributed by atoms with Crippen molar-refractivity contribution in [3.63, 3.8) is 0 Å². The van der Waals surface area contributed by atoms with Gasteiger partial charge >= 0.3 is 0 Å². The molecule has 4 nitrogen and oxygen atoms in total. The van der Waals surface area contributed by atoms with Gasteiger partial charge in [-0.3, -0.25) is 4.79 Å². The van der Waals surface area contributed by atoms with Crippen molar-refractivity contribution in [3.8, 4) is 11.5 Å². The molecule has 3 aliphatic heterocycles. The summed E-state index contributed by atoms with van der Waals surface area (Å²) in [6, 6.07) is 17.5. The number of carbonyl (C=O) groups is 1. The standard InChI is InChI=1S/C22H24N2O2/c25-22(23-21-17-10-15-11-18(21)14-24(12-15)13-17)16-6-8-20(9-7-16)26-19-4-2-1-3-5-19/h1-9,15,17-18,21H,10-14H2,(H,23,25). The first-order valence-electron chi connectivity index (χ1n) is 9.61. The normalized spacial score (nSPS) is 31.6. The molecule has 3 saturated heterocycles. The zero-order valence-electron chi connectivity index (χ0n) is 14.8. The molecule has 4 bridgehead atoms. The van der Waals surface area contributed by atoms with Crippen molar-refractivity contribution in [1.82, 2.24) is 10.2 Å². The van der Waals surface area contributed by atoms with E-state index in [1.165, 1.54) is 19.4 Å². The average Bonchev–Trinajstić information content (AvgIpc) is 2.65. The Balaban J connectivity index is 1.25. The minimum absolute atomic E-state index is 0.0451. The van der Waals surface area contributed by atoms with Crippen LogP contribution in [0.3, 0.4) is 0 Å². The van der Waals surface area contributed by atoms with Gasteiger partial charge in [0.2, 0.25) is 0 Å². The van der Waals surface area contributed by atoms with Crippen LogP contribution in [0.15, 0.2) is 54.6 Å². The van der Waals surface area contributed by atoms with Crippen LogP contribution in [0.2, 0.25) is 0 Å². The fraction of sp³-hybridized carbons (Fsp3) is 0.409. The predicted molar refractivity (Wildman–Crippen MR) is 100 cm³/mol. The van der Waals surface area contributed by atoms with Crippen molar-refractivity contribution in [2.45, 2.75) is 18.9 Å². The van der Waals surface area contributed by atoms with Crippen LogP contribution in [0.1, 0.15) is 23.2 Å². The molecule has 4 fully saturated rings. The van der Waals surface area contributed by atoms with Gasteiger partial charge in [0.05, 0.1) is 0 Å². The largest absolute Gasteiger partial charge is 0.457 e. The van der Waals surface area contributed by atoms with E-state index in [-0.39, 0.29) is 5.91 Å². The lowest BCUT2D eigenvalue weighted by Crippen LogP contribution is -2.64. The highest BCUT2D eigenvalue weighted by Crippen LogP contribution is 2.43. The second kappa shape index (κ2) is 6.44. The minimum atomic E-state index is 0.0451. The predicted octanol–water partition coefficient (Wildman–Crippen LogP) is 3.55. The quantitative estimate of drug-likeness (QED) is 0.919. The summed E-state index contributed by atoms with van der Waals surface area (Å²) in [6.07, 6.45) is 2.56. The summed E-state index contributed by atoms with van der Waals surface area (Å²) >= 11 is 0. The number of ether oxygens (including phenoxy) is 1. The molecular formula is C22H24N2O2. The number of hydrogen-bond acceptors (Lipinski definition) is 3. The molecule has 2 aromatic carbocycles. The maximum absolute atomic E-state index is 12.7. The number of amides is 1. The van der Waals surface area contributed by atoms with Gasteiger partial charge in [0, 0.05) is 31.2 Å². The van der Waals surface area contributed by atoms with Crippen molar-refractivity contribution in [3.05, 3.63) is 60.2 Å². The highest BCUT2D eigenvalue weighted by molar-refractivity contribution is 5.94. The Hall–Kier alpha value is -2.33. The van der Waals surface area contributed by atoms with E-state index in [4.69, 9.17) is 4.74 Å². The van der Waals surface area contributed by atoms with Crippen molar-refractivity contribution < 1.29 is 9.53 Å². The Labute approximate surface area is 154 Å². The SMILES string of the molecule is O=C(NC1C2CC3CC1CN(C3)C2)c1ccc(Oc2ccccc2)cc1. The maximum atomic E-state index is 12.7. The number of piperidine rings is 3. The van der Waals surface area contributed by atoms with Gasteiger partial charge in [0.15, 0.2) is 0 Å². The van der Waals surface area contributed by atoms with Gasteiger partial charge in [-0.05, 0) is 67.0 Å². The number of carbonyl (C=O) groups excluding carboxylic acids is 1. The molecule has 26 heavy (non-hydrogen) atoms. The van der Waals surface area contributed by atoms with E-state index in [1.807, 2.05) is 54.6 Å². The molecule has 2 atom stereocenters. The molecule has 3 heterocycles. The van der Waals surface area contributed by atoms with Crippen LogP contribution in [-0.4, -0.2) is 36.5 Å². The van der Waals surface area contributed by atoms with E-state index >= 15 is 0 Å². The second-order valence-electron chi connectivity index (χ2n) is 8.01. The van der Waals surface area contributed by atoms with E-state index in [1.54, 1.807) is 0 Å². The van der Waals surface area contributed by atoms with Crippen molar-refractivity contribution in [2.75, 3.05) is 19.6 Å². The number of hydrogen-bond donors (Lipinski definition) is 1. The molecule has 6 rings (SSSR count). The van der Waals surface area contributed by atoms with Crippen LogP contribution < -0.4 is 10.1 Å². The van der Waals surface area contributed by atoms with Crippen LogP contribution in [0.4, 0.5) is 0 Å². The number of para-hydroxylation sites is 1. The third-order valence-electron chi connectivity index (χ3n) is 6.18. The van der Waals surface area contributed by atoms with E-state index in [9.17, 15) is 4.79 Å². The molecule has 1 amide bonds. The van der Waals surface area contributed by atoms with E-state index < -0.39 is 0 Å². The Morgan fingerprint density at radius 3 is 2.19 bits per heavy atom. The lowest BCUT2D eigenvalue weighted by molar-refractivity contribution is -0.0418. The van der Waals surface area contributed by atoms with Gasteiger partial charge in [-0.1, -0.05) is 18.2 Å². The van der Waals surface area contributed by atoms with Crippen molar-refractivity contribution >= 4 is 5.91 Å². The lowest BCUT2D eigenvalue weighted by Gasteiger charge is -2.55. The highest BCUT2D eigenvalue weighted by Gasteiger charge is 2.47. The fourth-order valence-corrected chi connectivity index (χ4v) is 5.18. The number of nitrogens with zero attached hydrogens (tertiary/aromatic N) is 1. The Kier molecular flexibility index (Phi) is 3.93. The smallest absolute Gasteiger partial charge is 0.251 e. The molecule has 4 aliphatic rings. The first kappa shape index (κ1) is 15.9. The van der Waals surface area contributed by atoms with Crippen molar-refractivity contribution in [2.24, 2.45) is 17.8 Å². The molecule has 1 aliphatic carbocycles. The molecule has 1 N–H and O–H groups in total. The summed E-state index contributed by atoms with van der Waals surface area (Å²) in [5, 5.41) is 3.34. The third-order valence-corrected chi connectivity index (χ3v) is 6.18. The number of rotatable bonds is 4. The average molecular weight is 348 g/mol. The summed E-state index contributed by atoms with van der Waals surface area (Å²) in [5.41, 5.74) is 0.708. The molecule has 134 valence electrons. The summed E-state index contributed by atoms with van der Waals surface area (Å²) in [6.45, 7) is 3.58. The van der Waals surface area contributed by atoms with Gasteiger partial charge in [-0.15, -0.1) is 0 Å². The molecular weight excluding hydrogens is 324 g/mol. The topological polar surface area (TPSA) is 41.6 Å². The Bertz CT molecular complexity index is 760. The summed E-state index contributed by atoms with van der Waals surface area (Å²) in [7, 11) is 0. The van der Waals surface area contributed by atoms with Gasteiger partial charge in [0.25, 0.3) is 5.91 Å². The molecule has 0 spiro atoms. The monoisotopic (exact) mass is 348 g/mol. The molecule has 2 aromatic rings. The van der Waals surface area contributed by atoms with Crippen LogP contribution in [0, 0.1) is 17.8 Å². The van der Waals surface area contributed by atoms with Crippen LogP contribution >= 0.6 is 0 Å². The summed E-state index contributed by atoms with van der Waals surface area (Å²) < 4.78 is 5.80. The highest BCUT2D eigenvalue weighted by atomic mass is 16.5. The van der Waals surface area contributed by atoms with Gasteiger partial charge in [-0.25, -0.2) is 0 Å². The summed E-state index contributed by atoms with van der Waals surface area (Å²) in [5.74, 6) is 3.71. The third kappa shape index (κ3) is 2.99. The molecule has 0 radical (unpaired) electrons. The lowest BCUT2D eigenvalue weighted by atomic mass is 9.65. The fourth-order valence-electron chi connectivity index (χ4n) is 5.18. The minimum Gasteiger partial charge on any atom is -0.457 e. The number of benzene rings is 2. The molecule has 0 aromatic heterocycles. The molecule has 1 saturated carbocycles. The first-order chi connectivity index (χ1) is 12.7. The van der Waals surface area contributed by atoms with Crippen LogP contribution in [0.25, 0.3) is 0 Å². The zero-order chi connectivity index (χ0) is 17.5. The van der Waals surface area contributed by atoms with Crippen LogP contribution in [0.5, 0.6) is 11.5 Å². The molecule has 4 heteroatoms. The Morgan fingerprint density at radius 2 is 1.54 bits per heavy atom. The van der Waals surface area contributed by atoms with Gasteiger partial charge in [0.1, 0.15) is 11.5 Å². The zero-order valence-corrected chi connectivity index (χ0v) is 14.8. The molecule has 2 unspecified atom stereocenters. The van der Waals surface area contributed by atoms with Crippen LogP contribution in [-0.2, 0) is 0 Å². The first-order valence-corrected chi connectivity index (χ1v) is 9.61. The van der Waals surface area contributed by atoms with Crippen molar-refractivity contribution in [1.29, 1.82) is 0 Å². The summed E-state index contributed by atoms with van der Waals surface area (Å²) in [4.78, 5) is 15.3. The Morgan fingerprint density at radius 1 is 0.885 bits per heavy atom. The maximum Gasteiger partial charge on any atom is 0.251 e. The van der Waals surface area contributed by atoms with E-state index in [2.05, 4.69) is 10.2 Å². The van der Waals surface area contributed by atoms with Gasteiger partial charge in [-0.2, -0.15) is 0 Å². The van der Waals surface area contributed by atoms with E-state index in [0.717, 1.165) is 30.5 Å².